The van der Waals surface area contributed by atoms with Crippen molar-refractivity contribution in [2.24, 2.45) is 11.3 Å². The second-order valence-electron chi connectivity index (χ2n) is 14.8. The molecule has 1 aromatic heterocycles. The number of carboxylic acids is 1. The van der Waals surface area contributed by atoms with E-state index in [9.17, 15) is 32.7 Å². The van der Waals surface area contributed by atoms with Gasteiger partial charge in [-0.2, -0.15) is 0 Å². The SMILES string of the molecule is C=C[C@@H]1C[C@@]1(C(=O)NS(=O)(=O)C1CC1)N1C[C@H](Oc2ncc(OC)c3ccc(Cl)cc23)C[C@H]1C(=O)NC(=O)[C@H](Nc1cccc(C(=O)O)c1)C(C)(C)C. The van der Waals surface area contributed by atoms with Gasteiger partial charge < -0.3 is 19.9 Å². The van der Waals surface area contributed by atoms with Crippen LogP contribution in [-0.2, 0) is 24.4 Å². The third kappa shape index (κ3) is 7.69. The first-order chi connectivity index (χ1) is 25.0. The quantitative estimate of drug-likeness (QED) is 0.182. The van der Waals surface area contributed by atoms with Crippen molar-refractivity contribution < 1.29 is 42.2 Å². The molecule has 3 aliphatic rings. The molecule has 0 bridgehead atoms. The highest BCUT2D eigenvalue weighted by Crippen LogP contribution is 2.53. The maximum atomic E-state index is 14.3. The largest absolute Gasteiger partial charge is 0.494 e. The number of benzene rings is 2. The first-order valence-corrected chi connectivity index (χ1v) is 19.1. The number of fused-ring (bicyclic) bond motifs is 1. The lowest BCUT2D eigenvalue weighted by atomic mass is 9.85. The van der Waals surface area contributed by atoms with E-state index in [4.69, 9.17) is 21.1 Å². The zero-order chi connectivity index (χ0) is 38.5. The van der Waals surface area contributed by atoms with Gasteiger partial charge in [0.1, 0.15) is 23.4 Å². The fourth-order valence-electron chi connectivity index (χ4n) is 6.97. The normalized spacial score (nSPS) is 23.5. The van der Waals surface area contributed by atoms with Crippen molar-refractivity contribution in [1.29, 1.82) is 0 Å². The minimum absolute atomic E-state index is 0.00616. The van der Waals surface area contributed by atoms with Crippen molar-refractivity contribution in [2.45, 2.75) is 75.4 Å². The average molecular weight is 768 g/mol. The van der Waals surface area contributed by atoms with E-state index in [1.807, 2.05) is 0 Å². The molecule has 3 fully saturated rings. The Bertz CT molecular complexity index is 2100. The van der Waals surface area contributed by atoms with Crippen molar-refractivity contribution in [3.8, 4) is 11.6 Å². The highest BCUT2D eigenvalue weighted by Gasteiger charge is 2.67. The maximum Gasteiger partial charge on any atom is 0.335 e. The van der Waals surface area contributed by atoms with Crippen LogP contribution in [0, 0.1) is 11.3 Å². The Morgan fingerprint density at radius 1 is 1.13 bits per heavy atom. The Morgan fingerprint density at radius 2 is 1.87 bits per heavy atom. The molecule has 6 rings (SSSR count). The Hall–Kier alpha value is -4.73. The molecule has 14 nitrogen and oxygen atoms in total. The molecule has 5 atom stereocenters. The molecule has 1 aliphatic heterocycles. The van der Waals surface area contributed by atoms with E-state index >= 15 is 0 Å². The number of imide groups is 1. The lowest BCUT2D eigenvalue weighted by Gasteiger charge is -2.34. The maximum absolute atomic E-state index is 14.3. The zero-order valence-electron chi connectivity index (χ0n) is 29.7. The molecule has 2 aromatic carbocycles. The number of likely N-dealkylation sites (tertiary alicyclic amines) is 1. The summed E-state index contributed by atoms with van der Waals surface area (Å²) in [5.74, 6) is -3.12. The van der Waals surface area contributed by atoms with Gasteiger partial charge in [0.15, 0.2) is 0 Å². The molecule has 0 unspecified atom stereocenters. The number of rotatable bonds is 13. The van der Waals surface area contributed by atoms with Crippen LogP contribution in [0.15, 0.2) is 61.3 Å². The number of sulfonamides is 1. The number of halogens is 1. The Morgan fingerprint density at radius 3 is 2.49 bits per heavy atom. The van der Waals surface area contributed by atoms with Crippen molar-refractivity contribution in [3.05, 3.63) is 71.9 Å². The second kappa shape index (κ2) is 14.3. The molecular formula is C37H42ClN5O9S. The number of methoxy groups -OCH3 is 1. The molecule has 2 aliphatic carbocycles. The lowest BCUT2D eigenvalue weighted by molar-refractivity contribution is -0.136. The summed E-state index contributed by atoms with van der Waals surface area (Å²) in [5.41, 5.74) is -1.83. The number of aromatic nitrogens is 1. The number of nitrogens with zero attached hydrogens (tertiary/aromatic N) is 2. The number of nitrogens with one attached hydrogen (secondary N) is 3. The molecule has 3 aromatic rings. The van der Waals surface area contributed by atoms with Crippen LogP contribution in [0.2, 0.25) is 5.02 Å². The molecule has 0 spiro atoms. The van der Waals surface area contributed by atoms with Gasteiger partial charge in [-0.05, 0) is 61.1 Å². The average Bonchev–Trinajstić information content (AvgIpc) is 4.03. The second-order valence-corrected chi connectivity index (χ2v) is 17.2. The molecule has 3 amide bonds. The number of carboxylic acid groups (broad SMARTS) is 1. The van der Waals surface area contributed by atoms with Crippen molar-refractivity contribution in [2.75, 3.05) is 19.0 Å². The van der Waals surface area contributed by atoms with E-state index in [-0.39, 0.29) is 30.8 Å². The first kappa shape index (κ1) is 38.0. The van der Waals surface area contributed by atoms with Gasteiger partial charge >= 0.3 is 5.97 Å². The highest BCUT2D eigenvalue weighted by atomic mass is 35.5. The minimum Gasteiger partial charge on any atom is -0.494 e. The smallest absolute Gasteiger partial charge is 0.335 e. The van der Waals surface area contributed by atoms with Crippen LogP contribution in [0.4, 0.5) is 5.69 Å². The van der Waals surface area contributed by atoms with Crippen LogP contribution in [0.5, 0.6) is 11.6 Å². The summed E-state index contributed by atoms with van der Waals surface area (Å²) in [4.78, 5) is 59.8. The number of pyridine rings is 1. The summed E-state index contributed by atoms with van der Waals surface area (Å²) < 4.78 is 40.0. The Labute approximate surface area is 312 Å². The number of hydrogen-bond acceptors (Lipinski definition) is 11. The van der Waals surface area contributed by atoms with E-state index in [1.54, 1.807) is 62.1 Å². The molecule has 2 saturated carbocycles. The van der Waals surface area contributed by atoms with Gasteiger partial charge in [0.2, 0.25) is 27.7 Å². The number of carbonyl (C=O) groups excluding carboxylic acids is 3. The molecular weight excluding hydrogens is 726 g/mol. The van der Waals surface area contributed by atoms with Crippen LogP contribution in [-0.4, -0.2) is 89.7 Å². The molecule has 2 heterocycles. The number of ether oxygens (including phenoxy) is 2. The first-order valence-electron chi connectivity index (χ1n) is 17.2. The number of carbonyl (C=O) groups is 4. The summed E-state index contributed by atoms with van der Waals surface area (Å²) >= 11 is 6.33. The zero-order valence-corrected chi connectivity index (χ0v) is 31.3. The minimum atomic E-state index is -3.94. The molecule has 4 N–H and O–H groups in total. The highest BCUT2D eigenvalue weighted by molar-refractivity contribution is 7.91. The van der Waals surface area contributed by atoms with E-state index in [0.717, 1.165) is 0 Å². The molecule has 16 heteroatoms. The summed E-state index contributed by atoms with van der Waals surface area (Å²) in [7, 11) is -2.42. The number of amides is 3. The van der Waals surface area contributed by atoms with Crippen LogP contribution in [0.25, 0.3) is 10.8 Å². The number of anilines is 1. The molecule has 53 heavy (non-hydrogen) atoms. The standard InChI is InChI=1S/C37H42ClN5O9S/c1-6-21-17-37(21,35(48)42-53(49,50)25-11-12-25)43-19-24(52-33-27-15-22(38)10-13-26(27)29(51-5)18-39-33)16-28(43)31(44)41-32(45)30(36(2,3)4)40-23-9-7-8-20(14-23)34(46)47/h6-10,13-15,18,21,24-25,28,30,40H,1,11-12,16-17,19H2,2-5H3,(H,42,48)(H,46,47)(H,41,44,45)/t21-,24-,28+,30+,37-/m1/s1. The van der Waals surface area contributed by atoms with E-state index in [0.29, 0.717) is 40.1 Å². The third-order valence-corrected chi connectivity index (χ3v) is 12.1. The lowest BCUT2D eigenvalue weighted by Crippen LogP contribution is -2.59. The predicted octanol–water partition coefficient (Wildman–Crippen LogP) is 4.14. The van der Waals surface area contributed by atoms with E-state index < -0.39 is 74.0 Å². The Balaban J connectivity index is 1.31. The summed E-state index contributed by atoms with van der Waals surface area (Å²) in [6, 6.07) is 9.00. The van der Waals surface area contributed by atoms with E-state index in [1.165, 1.54) is 25.4 Å². The number of hydrogen-bond donors (Lipinski definition) is 4. The monoisotopic (exact) mass is 767 g/mol. The summed E-state index contributed by atoms with van der Waals surface area (Å²) in [6.07, 6.45) is 3.42. The fraction of sp³-hybridized carbons (Fsp3) is 0.432. The van der Waals surface area contributed by atoms with Crippen LogP contribution >= 0.6 is 11.6 Å². The van der Waals surface area contributed by atoms with Crippen LogP contribution < -0.4 is 24.8 Å². The van der Waals surface area contributed by atoms with Gasteiger partial charge in [-0.3, -0.25) is 29.3 Å². The van der Waals surface area contributed by atoms with Gasteiger partial charge in [-0.15, -0.1) is 6.58 Å². The van der Waals surface area contributed by atoms with Gasteiger partial charge in [0.25, 0.3) is 5.91 Å². The van der Waals surface area contributed by atoms with Gasteiger partial charge in [0, 0.05) is 40.4 Å². The Kier molecular flexibility index (Phi) is 10.2. The fourth-order valence-corrected chi connectivity index (χ4v) is 8.50. The molecule has 1 saturated heterocycles. The topological polar surface area (TPSA) is 193 Å². The number of aromatic carboxylic acids is 1. The van der Waals surface area contributed by atoms with Crippen molar-refractivity contribution in [1.82, 2.24) is 19.9 Å². The molecule has 0 radical (unpaired) electrons. The van der Waals surface area contributed by atoms with Gasteiger partial charge in [0.05, 0.1) is 30.2 Å². The van der Waals surface area contributed by atoms with Gasteiger partial charge in [-0.1, -0.05) is 44.5 Å². The summed E-state index contributed by atoms with van der Waals surface area (Å²) in [6.45, 7) is 9.24. The predicted molar refractivity (Wildman–Crippen MR) is 197 cm³/mol. The van der Waals surface area contributed by atoms with Crippen LogP contribution in [0.1, 0.15) is 56.8 Å². The van der Waals surface area contributed by atoms with Gasteiger partial charge in [-0.25, -0.2) is 18.2 Å². The van der Waals surface area contributed by atoms with Crippen molar-refractivity contribution >= 4 is 61.8 Å². The van der Waals surface area contributed by atoms with Crippen LogP contribution in [0.3, 0.4) is 0 Å². The third-order valence-electron chi connectivity index (χ3n) is 10.0. The molecule has 282 valence electrons. The summed E-state index contributed by atoms with van der Waals surface area (Å²) in [5, 5.41) is 16.1. The van der Waals surface area contributed by atoms with Crippen molar-refractivity contribution in [3.63, 3.8) is 0 Å². The van der Waals surface area contributed by atoms with E-state index in [2.05, 4.69) is 26.9 Å².